The van der Waals surface area contributed by atoms with Gasteiger partial charge in [-0.3, -0.25) is 0 Å². The number of cyclic esters (lactones) is 1. The Bertz CT molecular complexity index is 621. The van der Waals surface area contributed by atoms with Gasteiger partial charge in [0.1, 0.15) is 5.76 Å². The van der Waals surface area contributed by atoms with E-state index in [1.807, 2.05) is 6.92 Å². The first kappa shape index (κ1) is 16.3. The average molecular weight is 300 g/mol. The molecule has 1 aromatic rings. The maximum Gasteiger partial charge on any atom is 0.340 e. The summed E-state index contributed by atoms with van der Waals surface area (Å²) in [5.74, 6) is -0.420. The average Bonchev–Trinajstić information content (AvgIpc) is 2.41. The van der Waals surface area contributed by atoms with Crippen LogP contribution < -0.4 is 0 Å². The number of rotatable bonds is 4. The summed E-state index contributed by atoms with van der Waals surface area (Å²) in [5.41, 5.74) is 3.99. The van der Waals surface area contributed by atoms with E-state index < -0.39 is 5.79 Å². The van der Waals surface area contributed by atoms with Crippen molar-refractivity contribution in [3.05, 3.63) is 58.9 Å². The molecule has 0 aromatic heterocycles. The minimum Gasteiger partial charge on any atom is -0.457 e. The molecule has 0 fully saturated rings. The number of carbonyl (C=O) groups excluding carboxylic acids is 1. The first-order valence-corrected chi connectivity index (χ1v) is 7.53. The third-order valence-electron chi connectivity index (χ3n) is 3.90. The van der Waals surface area contributed by atoms with E-state index in [-0.39, 0.29) is 11.9 Å². The van der Waals surface area contributed by atoms with E-state index in [1.54, 1.807) is 20.8 Å². The van der Waals surface area contributed by atoms with E-state index in [1.165, 1.54) is 11.1 Å². The number of ether oxygens (including phenoxy) is 2. The van der Waals surface area contributed by atoms with Crippen LogP contribution in [0, 0.1) is 6.92 Å². The van der Waals surface area contributed by atoms with Crippen LogP contribution >= 0.6 is 0 Å². The summed E-state index contributed by atoms with van der Waals surface area (Å²) in [6.45, 7) is 13.4. The van der Waals surface area contributed by atoms with E-state index >= 15 is 0 Å². The molecule has 1 aliphatic heterocycles. The topological polar surface area (TPSA) is 35.5 Å². The molecule has 0 radical (unpaired) electrons. The van der Waals surface area contributed by atoms with E-state index in [0.717, 1.165) is 5.57 Å². The lowest BCUT2D eigenvalue weighted by Gasteiger charge is -2.34. The molecule has 0 spiro atoms. The lowest BCUT2D eigenvalue weighted by molar-refractivity contribution is -0.208. The Labute approximate surface area is 132 Å². The molecule has 3 heteroatoms. The van der Waals surface area contributed by atoms with Gasteiger partial charge < -0.3 is 9.47 Å². The van der Waals surface area contributed by atoms with E-state index in [9.17, 15) is 4.79 Å². The van der Waals surface area contributed by atoms with Gasteiger partial charge in [0.05, 0.1) is 5.57 Å². The maximum absolute atomic E-state index is 12.0. The first-order chi connectivity index (χ1) is 10.2. The van der Waals surface area contributed by atoms with Gasteiger partial charge in [0.2, 0.25) is 5.79 Å². The monoisotopic (exact) mass is 300 g/mol. The molecule has 1 aliphatic rings. The van der Waals surface area contributed by atoms with E-state index in [0.29, 0.717) is 17.8 Å². The van der Waals surface area contributed by atoms with E-state index in [4.69, 9.17) is 9.47 Å². The molecule has 3 nitrogen and oxygen atoms in total. The van der Waals surface area contributed by atoms with Crippen LogP contribution in [0.15, 0.2) is 47.7 Å². The predicted octanol–water partition coefficient (Wildman–Crippen LogP) is 4.63. The van der Waals surface area contributed by atoms with Crippen molar-refractivity contribution in [3.8, 4) is 0 Å². The van der Waals surface area contributed by atoms with Crippen molar-refractivity contribution >= 4 is 5.97 Å². The Balaban J connectivity index is 2.32. The van der Waals surface area contributed by atoms with Crippen molar-refractivity contribution in [2.75, 3.05) is 0 Å². The van der Waals surface area contributed by atoms with Crippen LogP contribution in [0.5, 0.6) is 0 Å². The van der Waals surface area contributed by atoms with Gasteiger partial charge >= 0.3 is 5.97 Å². The highest BCUT2D eigenvalue weighted by Crippen LogP contribution is 2.36. The Kier molecular flexibility index (Phi) is 4.45. The third-order valence-corrected chi connectivity index (χ3v) is 3.90. The molecule has 0 N–H and O–H groups in total. The largest absolute Gasteiger partial charge is 0.457 e. The minimum atomic E-state index is -0.918. The molecule has 118 valence electrons. The molecule has 0 aliphatic carbocycles. The number of aryl methyl sites for hydroxylation is 1. The van der Waals surface area contributed by atoms with Crippen molar-refractivity contribution in [2.45, 2.75) is 52.7 Å². The van der Waals surface area contributed by atoms with Crippen LogP contribution in [0.2, 0.25) is 0 Å². The van der Waals surface area contributed by atoms with Crippen LogP contribution in [0.3, 0.4) is 0 Å². The van der Waals surface area contributed by atoms with Crippen LogP contribution in [0.25, 0.3) is 0 Å². The Morgan fingerprint density at radius 3 is 2.32 bits per heavy atom. The molecule has 0 unspecified atom stereocenters. The quantitative estimate of drug-likeness (QED) is 0.601. The highest BCUT2D eigenvalue weighted by atomic mass is 16.7. The molecule has 1 atom stereocenters. The van der Waals surface area contributed by atoms with Gasteiger partial charge in [-0.15, -0.1) is 0 Å². The van der Waals surface area contributed by atoms with Gasteiger partial charge in [-0.05, 0) is 26.3 Å². The predicted molar refractivity (Wildman–Crippen MR) is 87.3 cm³/mol. The minimum absolute atomic E-state index is 0.118. The second kappa shape index (κ2) is 5.99. The summed E-state index contributed by atoms with van der Waals surface area (Å²) >= 11 is 0. The Hall–Kier alpha value is -2.03. The number of hydrogen-bond donors (Lipinski definition) is 0. The molecule has 0 saturated carbocycles. The zero-order valence-electron chi connectivity index (χ0n) is 14.0. The van der Waals surface area contributed by atoms with Crippen LogP contribution in [0.1, 0.15) is 51.2 Å². The molecule has 1 heterocycles. The number of carbonyl (C=O) groups is 1. The summed E-state index contributed by atoms with van der Waals surface area (Å²) in [5, 5.41) is 0. The van der Waals surface area contributed by atoms with Crippen molar-refractivity contribution in [1.29, 1.82) is 0 Å². The second-order valence-corrected chi connectivity index (χ2v) is 6.45. The highest BCUT2D eigenvalue weighted by molar-refractivity contribution is 5.89. The van der Waals surface area contributed by atoms with Gasteiger partial charge in [0, 0.05) is 26.2 Å². The van der Waals surface area contributed by atoms with Gasteiger partial charge in [-0.2, -0.15) is 0 Å². The fraction of sp³-hybridized carbons (Fsp3) is 0.421. The number of esters is 1. The number of allylic oxidation sites excluding steroid dienone is 2. The fourth-order valence-corrected chi connectivity index (χ4v) is 2.56. The first-order valence-electron chi connectivity index (χ1n) is 7.53. The van der Waals surface area contributed by atoms with Crippen molar-refractivity contribution < 1.29 is 14.3 Å². The molecule has 0 bridgehead atoms. The Morgan fingerprint density at radius 1 is 1.18 bits per heavy atom. The number of hydrogen-bond acceptors (Lipinski definition) is 3. The summed E-state index contributed by atoms with van der Waals surface area (Å²) in [6, 6.07) is 8.40. The van der Waals surface area contributed by atoms with Crippen molar-refractivity contribution in [1.82, 2.24) is 0 Å². The van der Waals surface area contributed by atoms with E-state index in [2.05, 4.69) is 37.8 Å². The maximum atomic E-state index is 12.0. The van der Waals surface area contributed by atoms with Gasteiger partial charge in [0.25, 0.3) is 0 Å². The third kappa shape index (κ3) is 3.59. The summed E-state index contributed by atoms with van der Waals surface area (Å²) in [4.78, 5) is 12.0. The van der Waals surface area contributed by atoms with Crippen LogP contribution in [0.4, 0.5) is 0 Å². The smallest absolute Gasteiger partial charge is 0.340 e. The van der Waals surface area contributed by atoms with Gasteiger partial charge in [-0.25, -0.2) is 4.79 Å². The molecular formula is C19H24O3. The summed E-state index contributed by atoms with van der Waals surface area (Å²) in [6.07, 6.45) is 0.614. The molecular weight excluding hydrogens is 276 g/mol. The summed E-state index contributed by atoms with van der Waals surface area (Å²) in [7, 11) is 0. The zero-order valence-corrected chi connectivity index (χ0v) is 14.0. The molecule has 0 saturated heterocycles. The van der Waals surface area contributed by atoms with Crippen molar-refractivity contribution in [2.24, 2.45) is 0 Å². The second-order valence-electron chi connectivity index (χ2n) is 6.45. The zero-order chi connectivity index (χ0) is 16.5. The molecule has 0 amide bonds. The lowest BCUT2D eigenvalue weighted by Crippen LogP contribution is -2.36. The highest BCUT2D eigenvalue weighted by Gasteiger charge is 2.34. The molecule has 22 heavy (non-hydrogen) atoms. The van der Waals surface area contributed by atoms with Crippen LogP contribution in [-0.4, -0.2) is 11.8 Å². The fourth-order valence-electron chi connectivity index (χ4n) is 2.56. The summed E-state index contributed by atoms with van der Waals surface area (Å²) < 4.78 is 11.1. The normalized spacial score (nSPS) is 18.5. The number of benzene rings is 1. The van der Waals surface area contributed by atoms with Gasteiger partial charge in [0.15, 0.2) is 0 Å². The van der Waals surface area contributed by atoms with Gasteiger partial charge in [-0.1, -0.05) is 42.0 Å². The molecule has 1 aromatic carbocycles. The Morgan fingerprint density at radius 2 is 1.77 bits per heavy atom. The molecule has 2 rings (SSSR count). The van der Waals surface area contributed by atoms with Crippen molar-refractivity contribution in [3.63, 3.8) is 0 Å². The standard InChI is InChI=1S/C19H24O3/c1-12(2)16(15-9-7-13(3)8-10-15)11-17-14(4)18(20)22-19(5,6)21-17/h7-10,16H,1,11H2,2-6H3/t16-/m0/s1. The lowest BCUT2D eigenvalue weighted by atomic mass is 9.88. The van der Waals surface area contributed by atoms with Crippen LogP contribution in [-0.2, 0) is 14.3 Å². The SMILES string of the molecule is C=C(C)[C@H](CC1=C(C)C(=O)OC(C)(C)O1)c1ccc(C)cc1.